The van der Waals surface area contributed by atoms with Crippen molar-refractivity contribution < 1.29 is 13.2 Å². The van der Waals surface area contributed by atoms with Crippen molar-refractivity contribution in [2.45, 2.75) is 17.7 Å². The molecule has 0 aliphatic carbocycles. The quantitative estimate of drug-likeness (QED) is 0.874. The third kappa shape index (κ3) is 3.10. The molecule has 5 nitrogen and oxygen atoms in total. The molecular formula is C11H18N2O3S2. The Balaban J connectivity index is 2.11. The Bertz CT molecular complexity index is 478. The fourth-order valence-electron chi connectivity index (χ4n) is 1.76. The molecule has 2 heterocycles. The molecule has 1 aromatic heterocycles. The maximum Gasteiger partial charge on any atom is 0.252 e. The first-order chi connectivity index (χ1) is 8.64. The zero-order valence-corrected chi connectivity index (χ0v) is 12.0. The molecule has 0 radical (unpaired) electrons. The number of hydrogen-bond donors (Lipinski definition) is 1. The molecule has 0 unspecified atom stereocenters. The number of hydrogen-bond acceptors (Lipinski definition) is 5. The fraction of sp³-hybridized carbons (Fsp3) is 0.636. The average Bonchev–Trinajstić information content (AvgIpc) is 2.87. The van der Waals surface area contributed by atoms with E-state index in [1.54, 1.807) is 6.07 Å². The minimum Gasteiger partial charge on any atom is -0.379 e. The molecule has 0 saturated carbocycles. The van der Waals surface area contributed by atoms with E-state index in [9.17, 15) is 8.42 Å². The Morgan fingerprint density at radius 1 is 1.44 bits per heavy atom. The van der Waals surface area contributed by atoms with Crippen molar-refractivity contribution in [1.29, 1.82) is 0 Å². The molecule has 0 amide bonds. The highest BCUT2D eigenvalue weighted by atomic mass is 32.2. The van der Waals surface area contributed by atoms with Gasteiger partial charge in [0.05, 0.1) is 13.2 Å². The van der Waals surface area contributed by atoms with E-state index in [1.807, 2.05) is 12.3 Å². The molecule has 0 spiro atoms. The van der Waals surface area contributed by atoms with Gasteiger partial charge in [-0.15, -0.1) is 11.3 Å². The van der Waals surface area contributed by atoms with Crippen molar-refractivity contribution in [3.05, 3.63) is 17.0 Å². The van der Waals surface area contributed by atoms with E-state index in [2.05, 4.69) is 5.32 Å². The van der Waals surface area contributed by atoms with Gasteiger partial charge >= 0.3 is 0 Å². The molecule has 1 fully saturated rings. The van der Waals surface area contributed by atoms with Crippen LogP contribution < -0.4 is 5.32 Å². The van der Waals surface area contributed by atoms with Gasteiger partial charge in [-0.3, -0.25) is 0 Å². The molecule has 102 valence electrons. The fourth-order valence-corrected chi connectivity index (χ4v) is 4.53. The molecule has 1 aromatic rings. The number of rotatable bonds is 5. The van der Waals surface area contributed by atoms with Crippen LogP contribution in [-0.4, -0.2) is 45.6 Å². The van der Waals surface area contributed by atoms with Crippen molar-refractivity contribution in [3.8, 4) is 0 Å². The minimum absolute atomic E-state index is 0.428. The van der Waals surface area contributed by atoms with Gasteiger partial charge in [0.25, 0.3) is 10.0 Å². The van der Waals surface area contributed by atoms with Gasteiger partial charge in [-0.1, -0.05) is 6.92 Å². The lowest BCUT2D eigenvalue weighted by Gasteiger charge is -2.25. The van der Waals surface area contributed by atoms with Gasteiger partial charge < -0.3 is 10.1 Å². The zero-order chi connectivity index (χ0) is 13.0. The van der Waals surface area contributed by atoms with Crippen LogP contribution in [-0.2, 0) is 21.3 Å². The molecule has 1 aliphatic heterocycles. The van der Waals surface area contributed by atoms with E-state index in [0.717, 1.165) is 12.1 Å². The van der Waals surface area contributed by atoms with Gasteiger partial charge in [0, 0.05) is 19.6 Å². The predicted molar refractivity (Wildman–Crippen MR) is 71.3 cm³/mol. The van der Waals surface area contributed by atoms with Gasteiger partial charge in [-0.25, -0.2) is 8.42 Å². The summed E-state index contributed by atoms with van der Waals surface area (Å²) in [5.74, 6) is 0. The van der Waals surface area contributed by atoms with Crippen LogP contribution in [0.3, 0.4) is 0 Å². The number of morpholine rings is 1. The summed E-state index contributed by atoms with van der Waals surface area (Å²) in [6.45, 7) is 5.47. The summed E-state index contributed by atoms with van der Waals surface area (Å²) in [5.41, 5.74) is 1.02. The van der Waals surface area contributed by atoms with E-state index in [4.69, 9.17) is 4.74 Å². The molecule has 0 atom stereocenters. The van der Waals surface area contributed by atoms with Crippen LogP contribution in [0.25, 0.3) is 0 Å². The monoisotopic (exact) mass is 290 g/mol. The van der Waals surface area contributed by atoms with Crippen LogP contribution in [0.5, 0.6) is 0 Å². The van der Waals surface area contributed by atoms with E-state index in [0.29, 0.717) is 37.1 Å². The zero-order valence-electron chi connectivity index (χ0n) is 10.4. The van der Waals surface area contributed by atoms with E-state index < -0.39 is 10.0 Å². The van der Waals surface area contributed by atoms with E-state index in [-0.39, 0.29) is 0 Å². The number of nitrogens with one attached hydrogen (secondary N) is 1. The topological polar surface area (TPSA) is 58.6 Å². The van der Waals surface area contributed by atoms with Crippen LogP contribution in [0.4, 0.5) is 0 Å². The van der Waals surface area contributed by atoms with Crippen LogP contribution in [0.1, 0.15) is 12.5 Å². The van der Waals surface area contributed by atoms with Crippen molar-refractivity contribution >= 4 is 21.4 Å². The molecule has 7 heteroatoms. The predicted octanol–water partition coefficient (Wildman–Crippen LogP) is 0.878. The Labute approximate surface area is 112 Å². The number of thiophene rings is 1. The summed E-state index contributed by atoms with van der Waals surface area (Å²) in [6, 6.07) is 1.76. The van der Waals surface area contributed by atoms with E-state index >= 15 is 0 Å². The number of nitrogens with zero attached hydrogens (tertiary/aromatic N) is 1. The van der Waals surface area contributed by atoms with Gasteiger partial charge in [-0.2, -0.15) is 4.31 Å². The Morgan fingerprint density at radius 2 is 2.17 bits per heavy atom. The standard InChI is InChI=1S/C11H18N2O3S2/c1-2-12-8-10-7-11(17-9-10)18(14,15)13-3-5-16-6-4-13/h7,9,12H,2-6,8H2,1H3. The van der Waals surface area contributed by atoms with Crippen molar-refractivity contribution in [2.24, 2.45) is 0 Å². The van der Waals surface area contributed by atoms with Crippen LogP contribution in [0, 0.1) is 0 Å². The highest BCUT2D eigenvalue weighted by Gasteiger charge is 2.27. The Kier molecular flexibility index (Phi) is 4.74. The van der Waals surface area contributed by atoms with E-state index in [1.165, 1.54) is 15.6 Å². The van der Waals surface area contributed by atoms with Gasteiger partial charge in [-0.05, 0) is 23.6 Å². The maximum atomic E-state index is 12.3. The smallest absolute Gasteiger partial charge is 0.252 e. The summed E-state index contributed by atoms with van der Waals surface area (Å²) in [7, 11) is -3.32. The summed E-state index contributed by atoms with van der Waals surface area (Å²) in [6.07, 6.45) is 0. The summed E-state index contributed by atoms with van der Waals surface area (Å²) in [5, 5.41) is 5.09. The maximum absolute atomic E-state index is 12.3. The van der Waals surface area contributed by atoms with Gasteiger partial charge in [0.2, 0.25) is 0 Å². The summed E-state index contributed by atoms with van der Waals surface area (Å²) in [4.78, 5) is 0. The summed E-state index contributed by atoms with van der Waals surface area (Å²) >= 11 is 1.29. The van der Waals surface area contributed by atoms with Crippen molar-refractivity contribution in [3.63, 3.8) is 0 Å². The van der Waals surface area contributed by atoms with Crippen LogP contribution in [0.2, 0.25) is 0 Å². The number of sulfonamides is 1. The molecule has 18 heavy (non-hydrogen) atoms. The molecule has 0 aromatic carbocycles. The first-order valence-electron chi connectivity index (χ1n) is 6.00. The third-order valence-corrected chi connectivity index (χ3v) is 6.14. The Hall–Kier alpha value is -0.470. The third-order valence-electron chi connectivity index (χ3n) is 2.77. The van der Waals surface area contributed by atoms with Crippen molar-refractivity contribution in [2.75, 3.05) is 32.8 Å². The Morgan fingerprint density at radius 3 is 2.83 bits per heavy atom. The first-order valence-corrected chi connectivity index (χ1v) is 8.32. The van der Waals surface area contributed by atoms with Crippen LogP contribution >= 0.6 is 11.3 Å². The lowest BCUT2D eigenvalue weighted by atomic mass is 10.3. The average molecular weight is 290 g/mol. The molecule has 1 saturated heterocycles. The van der Waals surface area contributed by atoms with Crippen molar-refractivity contribution in [1.82, 2.24) is 9.62 Å². The molecule has 0 bridgehead atoms. The minimum atomic E-state index is -3.32. The second-order valence-corrected chi connectivity index (χ2v) is 7.15. The van der Waals surface area contributed by atoms with Gasteiger partial charge in [0.15, 0.2) is 0 Å². The molecule has 1 aliphatic rings. The second-order valence-electron chi connectivity index (χ2n) is 4.07. The van der Waals surface area contributed by atoms with Gasteiger partial charge in [0.1, 0.15) is 4.21 Å². The highest BCUT2D eigenvalue weighted by molar-refractivity contribution is 7.91. The number of ether oxygens (including phenoxy) is 1. The molecule has 1 N–H and O–H groups in total. The first kappa shape index (κ1) is 14.0. The normalized spacial score (nSPS) is 18.1. The van der Waals surface area contributed by atoms with Crippen LogP contribution in [0.15, 0.2) is 15.7 Å². The molecular weight excluding hydrogens is 272 g/mol. The largest absolute Gasteiger partial charge is 0.379 e. The summed E-state index contributed by atoms with van der Waals surface area (Å²) < 4.78 is 31.8. The molecule has 2 rings (SSSR count). The SMILES string of the molecule is CCNCc1csc(S(=O)(=O)N2CCOCC2)c1. The lowest BCUT2D eigenvalue weighted by molar-refractivity contribution is 0.0731. The lowest BCUT2D eigenvalue weighted by Crippen LogP contribution is -2.40. The highest BCUT2D eigenvalue weighted by Crippen LogP contribution is 2.24. The second kappa shape index (κ2) is 6.12.